The molecule has 2 atom stereocenters. The fourth-order valence-electron chi connectivity index (χ4n) is 3.97. The van der Waals surface area contributed by atoms with E-state index < -0.39 is 6.10 Å². The Balaban J connectivity index is 1.40. The first-order valence-corrected chi connectivity index (χ1v) is 10.3. The molecule has 4 rings (SSSR count). The van der Waals surface area contributed by atoms with Gasteiger partial charge in [-0.2, -0.15) is 0 Å². The smallest absolute Gasteiger partial charge is 0.263 e. The van der Waals surface area contributed by atoms with Gasteiger partial charge in [0.05, 0.1) is 12.8 Å². The van der Waals surface area contributed by atoms with Gasteiger partial charge in [-0.15, -0.1) is 0 Å². The molecule has 1 N–H and O–H groups in total. The van der Waals surface area contributed by atoms with Crippen LogP contribution in [-0.2, 0) is 17.8 Å². The van der Waals surface area contributed by atoms with Crippen LogP contribution in [-0.4, -0.2) is 53.6 Å². The van der Waals surface area contributed by atoms with Gasteiger partial charge < -0.3 is 19.7 Å². The van der Waals surface area contributed by atoms with E-state index >= 15 is 0 Å². The van der Waals surface area contributed by atoms with Crippen molar-refractivity contribution in [2.45, 2.75) is 44.8 Å². The largest absolute Gasteiger partial charge is 0.497 e. The van der Waals surface area contributed by atoms with Gasteiger partial charge in [0.15, 0.2) is 6.10 Å². The molecule has 29 heavy (non-hydrogen) atoms. The van der Waals surface area contributed by atoms with Crippen LogP contribution < -0.4 is 14.8 Å². The average Bonchev–Trinajstić information content (AvgIpc) is 2.78. The highest BCUT2D eigenvalue weighted by molar-refractivity contribution is 5.81. The number of fused-ring (bicyclic) bond motifs is 1. The van der Waals surface area contributed by atoms with E-state index in [0.717, 1.165) is 43.0 Å². The number of aromatic nitrogens is 2. The monoisotopic (exact) mass is 396 g/mol. The fourth-order valence-corrected chi connectivity index (χ4v) is 3.97. The van der Waals surface area contributed by atoms with Crippen LogP contribution in [0.4, 0.5) is 0 Å². The number of piperidine rings is 1. The molecule has 0 radical (unpaired) electrons. The molecule has 1 fully saturated rings. The molecule has 1 aromatic carbocycles. The Bertz CT molecular complexity index is 867. The molecule has 154 valence electrons. The highest BCUT2D eigenvalue weighted by Gasteiger charge is 2.28. The molecule has 0 bridgehead atoms. The number of nitrogens with zero attached hydrogens (tertiary/aromatic N) is 3. The van der Waals surface area contributed by atoms with Crippen molar-refractivity contribution < 1.29 is 14.3 Å². The average molecular weight is 396 g/mol. The molecular weight excluding hydrogens is 368 g/mol. The van der Waals surface area contributed by atoms with Gasteiger partial charge in [0.1, 0.15) is 17.3 Å². The molecule has 0 spiro atoms. The maximum Gasteiger partial charge on any atom is 0.263 e. The third kappa shape index (κ3) is 4.50. The first-order valence-electron chi connectivity index (χ1n) is 10.3. The number of hydrogen-bond acceptors (Lipinski definition) is 6. The zero-order valence-corrected chi connectivity index (χ0v) is 17.1. The third-order valence-corrected chi connectivity index (χ3v) is 5.63. The number of carbonyl (C=O) groups excluding carboxylic acids is 1. The fraction of sp³-hybridized carbons (Fsp3) is 0.500. The van der Waals surface area contributed by atoms with E-state index in [9.17, 15) is 4.79 Å². The first-order chi connectivity index (χ1) is 14.1. The lowest BCUT2D eigenvalue weighted by Crippen LogP contribution is -2.43. The van der Waals surface area contributed by atoms with E-state index in [2.05, 4.69) is 10.3 Å². The Morgan fingerprint density at radius 2 is 2.21 bits per heavy atom. The number of methoxy groups -OCH3 is 1. The molecule has 1 saturated heterocycles. The number of hydrogen-bond donors (Lipinski definition) is 1. The van der Waals surface area contributed by atoms with Crippen LogP contribution in [0.2, 0.25) is 0 Å². The summed E-state index contributed by atoms with van der Waals surface area (Å²) in [5, 5.41) is 3.42. The predicted molar refractivity (Wildman–Crippen MR) is 109 cm³/mol. The third-order valence-electron chi connectivity index (χ3n) is 5.63. The summed E-state index contributed by atoms with van der Waals surface area (Å²) in [5.41, 5.74) is 2.11. The van der Waals surface area contributed by atoms with Crippen molar-refractivity contribution in [2.24, 2.45) is 0 Å². The Labute approximate surface area is 171 Å². The number of ether oxygens (including phenoxy) is 2. The standard InChI is InChI=1S/C22H28N4O3/c1-15(29-19-7-3-6-18(11-19)28-2)22(27)26-10-8-20-17(14-26)13-24-21(25-20)16-5-4-9-23-12-16/h3,6-7,11,13,15-16,23H,4-5,8-10,12,14H2,1-2H3/t15-,16-/m0/s1. The van der Waals surface area contributed by atoms with Crippen molar-refractivity contribution in [3.63, 3.8) is 0 Å². The van der Waals surface area contributed by atoms with Crippen LogP contribution in [0.3, 0.4) is 0 Å². The molecule has 7 heteroatoms. The van der Waals surface area contributed by atoms with Crippen molar-refractivity contribution in [3.8, 4) is 11.5 Å². The van der Waals surface area contributed by atoms with E-state index in [1.54, 1.807) is 20.1 Å². The summed E-state index contributed by atoms with van der Waals surface area (Å²) in [6.07, 6.45) is 4.38. The quantitative estimate of drug-likeness (QED) is 0.836. The summed E-state index contributed by atoms with van der Waals surface area (Å²) >= 11 is 0. The van der Waals surface area contributed by atoms with Crippen LogP contribution in [0, 0.1) is 0 Å². The number of carbonyl (C=O) groups is 1. The van der Waals surface area contributed by atoms with Crippen LogP contribution in [0.15, 0.2) is 30.5 Å². The maximum atomic E-state index is 12.9. The Morgan fingerprint density at radius 1 is 1.34 bits per heavy atom. The number of nitrogens with one attached hydrogen (secondary N) is 1. The van der Waals surface area contributed by atoms with Crippen LogP contribution >= 0.6 is 0 Å². The van der Waals surface area contributed by atoms with Crippen molar-refractivity contribution >= 4 is 5.91 Å². The van der Waals surface area contributed by atoms with Gasteiger partial charge in [-0.05, 0) is 38.4 Å². The van der Waals surface area contributed by atoms with Crippen LogP contribution in [0.25, 0.3) is 0 Å². The van der Waals surface area contributed by atoms with Crippen molar-refractivity contribution in [2.75, 3.05) is 26.7 Å². The van der Waals surface area contributed by atoms with Gasteiger partial charge in [0, 0.05) is 49.8 Å². The van der Waals surface area contributed by atoms with Gasteiger partial charge in [0.25, 0.3) is 5.91 Å². The molecule has 2 aliphatic heterocycles. The molecule has 2 aromatic rings. The summed E-state index contributed by atoms with van der Waals surface area (Å²) in [7, 11) is 1.61. The number of amides is 1. The molecule has 3 heterocycles. The normalized spacial score (nSPS) is 19.9. The van der Waals surface area contributed by atoms with Gasteiger partial charge in [-0.25, -0.2) is 9.97 Å². The van der Waals surface area contributed by atoms with Crippen LogP contribution in [0.5, 0.6) is 11.5 Å². The van der Waals surface area contributed by atoms with Gasteiger partial charge >= 0.3 is 0 Å². The predicted octanol–water partition coefficient (Wildman–Crippen LogP) is 2.30. The lowest BCUT2D eigenvalue weighted by molar-refractivity contribution is -0.138. The van der Waals surface area contributed by atoms with Crippen molar-refractivity contribution in [3.05, 3.63) is 47.5 Å². The van der Waals surface area contributed by atoms with Gasteiger partial charge in [0.2, 0.25) is 0 Å². The molecule has 1 aromatic heterocycles. The highest BCUT2D eigenvalue weighted by Crippen LogP contribution is 2.24. The first kappa shape index (κ1) is 19.6. The molecular formula is C22H28N4O3. The van der Waals surface area contributed by atoms with E-state index in [-0.39, 0.29) is 5.91 Å². The minimum absolute atomic E-state index is 0.0287. The SMILES string of the molecule is COc1cccc(O[C@@H](C)C(=O)N2CCc3nc([C@H]4CCCNC4)ncc3C2)c1. The summed E-state index contributed by atoms with van der Waals surface area (Å²) < 4.78 is 11.1. The highest BCUT2D eigenvalue weighted by atomic mass is 16.5. The molecule has 2 aliphatic rings. The number of benzene rings is 1. The lowest BCUT2D eigenvalue weighted by Gasteiger charge is -2.31. The topological polar surface area (TPSA) is 76.6 Å². The summed E-state index contributed by atoms with van der Waals surface area (Å²) in [5.74, 6) is 2.63. The Kier molecular flexibility index (Phi) is 5.94. The van der Waals surface area contributed by atoms with E-state index in [1.165, 1.54) is 6.42 Å². The van der Waals surface area contributed by atoms with Gasteiger partial charge in [-0.3, -0.25) is 4.79 Å². The second kappa shape index (κ2) is 8.78. The number of rotatable bonds is 5. The summed E-state index contributed by atoms with van der Waals surface area (Å²) in [6, 6.07) is 7.30. The molecule has 0 saturated carbocycles. The summed E-state index contributed by atoms with van der Waals surface area (Å²) in [6.45, 7) is 4.99. The molecule has 0 aliphatic carbocycles. The van der Waals surface area contributed by atoms with Crippen LogP contribution in [0.1, 0.15) is 42.8 Å². The zero-order valence-electron chi connectivity index (χ0n) is 17.1. The van der Waals surface area contributed by atoms with Crippen molar-refractivity contribution in [1.82, 2.24) is 20.2 Å². The Hall–Kier alpha value is -2.67. The molecule has 1 amide bonds. The lowest BCUT2D eigenvalue weighted by atomic mass is 9.98. The second-order valence-electron chi connectivity index (χ2n) is 7.69. The second-order valence-corrected chi connectivity index (χ2v) is 7.69. The minimum atomic E-state index is -0.572. The minimum Gasteiger partial charge on any atom is -0.497 e. The Morgan fingerprint density at radius 3 is 3.00 bits per heavy atom. The van der Waals surface area contributed by atoms with Gasteiger partial charge in [-0.1, -0.05) is 6.07 Å². The zero-order chi connectivity index (χ0) is 20.2. The van der Waals surface area contributed by atoms with E-state index in [1.807, 2.05) is 29.3 Å². The molecule has 7 nitrogen and oxygen atoms in total. The van der Waals surface area contributed by atoms with E-state index in [4.69, 9.17) is 14.5 Å². The molecule has 0 unspecified atom stereocenters. The summed E-state index contributed by atoms with van der Waals surface area (Å²) in [4.78, 5) is 24.2. The van der Waals surface area contributed by atoms with Crippen molar-refractivity contribution in [1.29, 1.82) is 0 Å². The maximum absolute atomic E-state index is 12.9. The van der Waals surface area contributed by atoms with E-state index in [0.29, 0.717) is 30.5 Å².